The first-order valence-electron chi connectivity index (χ1n) is 10.3. The third-order valence-corrected chi connectivity index (χ3v) is 6.44. The first-order valence-corrected chi connectivity index (χ1v) is 11.7. The molecule has 0 saturated heterocycles. The number of methoxy groups -OCH3 is 1. The van der Waals surface area contributed by atoms with Gasteiger partial charge in [0.25, 0.3) is 0 Å². The van der Waals surface area contributed by atoms with Crippen molar-refractivity contribution in [1.29, 1.82) is 0 Å². The highest BCUT2D eigenvalue weighted by Gasteiger charge is 2.51. The second kappa shape index (κ2) is 9.72. The fourth-order valence-electron chi connectivity index (χ4n) is 3.69. The molecule has 4 rings (SSSR count). The molecule has 0 radical (unpaired) electrons. The summed E-state index contributed by atoms with van der Waals surface area (Å²) >= 11 is 7.39. The lowest BCUT2D eigenvalue weighted by Crippen LogP contribution is -2.34. The summed E-state index contributed by atoms with van der Waals surface area (Å²) in [6, 6.07) is 12.2. The van der Waals surface area contributed by atoms with Crippen molar-refractivity contribution in [3.8, 4) is 0 Å². The molecule has 1 fully saturated rings. The van der Waals surface area contributed by atoms with Gasteiger partial charge in [-0.05, 0) is 54.3 Å². The number of amides is 2. The summed E-state index contributed by atoms with van der Waals surface area (Å²) in [5.41, 5.74) is 4.12. The quantitative estimate of drug-likeness (QED) is 0.470. The number of ether oxygens (including phenoxy) is 1. The summed E-state index contributed by atoms with van der Waals surface area (Å²) in [6.07, 6.45) is 1.66. The van der Waals surface area contributed by atoms with E-state index in [4.69, 9.17) is 16.3 Å². The number of thiazole rings is 1. The number of carbonyl (C=O) groups excluding carboxylic acids is 3. The minimum Gasteiger partial charge on any atom is -0.465 e. The standard InChI is InChI=1S/C24H22ClN3O4S/c1-32-22(30)16-8-15(9-19(10-16)28-21(29)11-20-13-33-14-27-20)12-26-23(31)24(6-7-24)17-2-4-18(25)5-3-17/h2-5,8-10,13-14H,6-7,11-12H2,1H3,(H,26,31)(H,28,29). The van der Waals surface area contributed by atoms with Gasteiger partial charge in [0.2, 0.25) is 11.8 Å². The third kappa shape index (κ3) is 5.40. The van der Waals surface area contributed by atoms with Gasteiger partial charge < -0.3 is 15.4 Å². The highest BCUT2D eigenvalue weighted by molar-refractivity contribution is 7.07. The SMILES string of the molecule is COC(=O)c1cc(CNC(=O)C2(c3ccc(Cl)cc3)CC2)cc(NC(=O)Cc2cscn2)c1. The molecule has 2 amide bonds. The van der Waals surface area contributed by atoms with Crippen LogP contribution >= 0.6 is 22.9 Å². The molecule has 1 aromatic heterocycles. The van der Waals surface area contributed by atoms with Crippen molar-refractivity contribution in [2.24, 2.45) is 0 Å². The van der Waals surface area contributed by atoms with Crippen molar-refractivity contribution in [3.63, 3.8) is 0 Å². The van der Waals surface area contributed by atoms with Gasteiger partial charge in [0, 0.05) is 22.6 Å². The molecule has 1 saturated carbocycles. The lowest BCUT2D eigenvalue weighted by Gasteiger charge is -2.17. The van der Waals surface area contributed by atoms with Crippen molar-refractivity contribution in [2.75, 3.05) is 12.4 Å². The summed E-state index contributed by atoms with van der Waals surface area (Å²) in [4.78, 5) is 41.6. The van der Waals surface area contributed by atoms with Gasteiger partial charge in [0.05, 0.1) is 35.7 Å². The Morgan fingerprint density at radius 1 is 1.15 bits per heavy atom. The van der Waals surface area contributed by atoms with Crippen LogP contribution in [0.25, 0.3) is 0 Å². The molecular formula is C24H22ClN3O4S. The molecule has 2 N–H and O–H groups in total. The molecule has 0 bridgehead atoms. The maximum Gasteiger partial charge on any atom is 0.337 e. The van der Waals surface area contributed by atoms with E-state index < -0.39 is 11.4 Å². The van der Waals surface area contributed by atoms with Crippen LogP contribution in [0.3, 0.4) is 0 Å². The van der Waals surface area contributed by atoms with Crippen LogP contribution in [0.5, 0.6) is 0 Å². The zero-order valence-corrected chi connectivity index (χ0v) is 19.5. The van der Waals surface area contributed by atoms with Crippen molar-refractivity contribution in [2.45, 2.75) is 31.2 Å². The molecule has 0 atom stereocenters. The normalized spacial score (nSPS) is 13.8. The number of hydrogen-bond acceptors (Lipinski definition) is 6. The van der Waals surface area contributed by atoms with Crippen molar-refractivity contribution < 1.29 is 19.1 Å². The van der Waals surface area contributed by atoms with Crippen molar-refractivity contribution in [3.05, 3.63) is 80.8 Å². The van der Waals surface area contributed by atoms with E-state index >= 15 is 0 Å². The largest absolute Gasteiger partial charge is 0.465 e. The number of esters is 1. The molecule has 2 aromatic carbocycles. The van der Waals surface area contributed by atoms with Crippen LogP contribution in [0, 0.1) is 0 Å². The molecule has 7 nitrogen and oxygen atoms in total. The second-order valence-electron chi connectivity index (χ2n) is 7.89. The first kappa shape index (κ1) is 22.9. The molecule has 1 aliphatic carbocycles. The fraction of sp³-hybridized carbons (Fsp3) is 0.250. The number of halogens is 1. The highest BCUT2D eigenvalue weighted by atomic mass is 35.5. The topological polar surface area (TPSA) is 97.4 Å². The van der Waals surface area contributed by atoms with E-state index in [0.717, 1.165) is 18.4 Å². The Morgan fingerprint density at radius 2 is 1.91 bits per heavy atom. The number of aromatic nitrogens is 1. The Balaban J connectivity index is 1.47. The van der Waals surface area contributed by atoms with E-state index in [0.29, 0.717) is 22.0 Å². The van der Waals surface area contributed by atoms with Gasteiger partial charge in [0.1, 0.15) is 0 Å². The van der Waals surface area contributed by atoms with Crippen LogP contribution < -0.4 is 10.6 Å². The van der Waals surface area contributed by atoms with Crippen LogP contribution in [-0.2, 0) is 32.7 Å². The van der Waals surface area contributed by atoms with Crippen molar-refractivity contribution >= 4 is 46.4 Å². The monoisotopic (exact) mass is 483 g/mol. The number of hydrogen-bond donors (Lipinski definition) is 2. The zero-order valence-electron chi connectivity index (χ0n) is 17.9. The minimum atomic E-state index is -0.546. The Morgan fingerprint density at radius 3 is 2.55 bits per heavy atom. The van der Waals surface area contributed by atoms with Crippen molar-refractivity contribution in [1.82, 2.24) is 10.3 Å². The molecule has 33 heavy (non-hydrogen) atoms. The number of benzene rings is 2. The fourth-order valence-corrected chi connectivity index (χ4v) is 4.37. The van der Waals surface area contributed by atoms with Gasteiger partial charge in [-0.15, -0.1) is 11.3 Å². The Labute approximate surface area is 200 Å². The van der Waals surface area contributed by atoms with Crippen LogP contribution in [0.4, 0.5) is 5.69 Å². The summed E-state index contributed by atoms with van der Waals surface area (Å²) in [6.45, 7) is 0.202. The third-order valence-electron chi connectivity index (χ3n) is 5.56. The summed E-state index contributed by atoms with van der Waals surface area (Å²) < 4.78 is 4.84. The molecule has 1 aliphatic rings. The van der Waals surface area contributed by atoms with Crippen LogP contribution in [0.1, 0.15) is 40.0 Å². The maximum atomic E-state index is 13.0. The highest BCUT2D eigenvalue weighted by Crippen LogP contribution is 2.48. The second-order valence-corrected chi connectivity index (χ2v) is 9.04. The van der Waals surface area contributed by atoms with Crippen LogP contribution in [0.15, 0.2) is 53.4 Å². The summed E-state index contributed by atoms with van der Waals surface area (Å²) in [5.74, 6) is -0.863. The minimum absolute atomic E-state index is 0.0811. The molecule has 0 spiro atoms. The van der Waals surface area contributed by atoms with Gasteiger partial charge in [0.15, 0.2) is 0 Å². The van der Waals surface area contributed by atoms with Gasteiger partial charge in [-0.2, -0.15) is 0 Å². The van der Waals surface area contributed by atoms with E-state index in [1.165, 1.54) is 18.4 Å². The van der Waals surface area contributed by atoms with E-state index in [1.54, 1.807) is 41.2 Å². The zero-order chi connectivity index (χ0) is 23.4. The molecule has 0 unspecified atom stereocenters. The van der Waals surface area contributed by atoms with E-state index in [1.807, 2.05) is 12.1 Å². The van der Waals surface area contributed by atoms with Crippen LogP contribution in [0.2, 0.25) is 5.02 Å². The molecule has 0 aliphatic heterocycles. The van der Waals surface area contributed by atoms with Gasteiger partial charge in [-0.1, -0.05) is 23.7 Å². The Hall–Kier alpha value is -3.23. The Kier molecular flexibility index (Phi) is 6.76. The van der Waals surface area contributed by atoms with E-state index in [9.17, 15) is 14.4 Å². The predicted octanol–water partition coefficient (Wildman–Crippen LogP) is 4.11. The number of nitrogens with one attached hydrogen (secondary N) is 2. The molecule has 3 aromatic rings. The summed E-state index contributed by atoms with van der Waals surface area (Å²) in [7, 11) is 1.29. The lowest BCUT2D eigenvalue weighted by molar-refractivity contribution is -0.123. The molecular weight excluding hydrogens is 462 g/mol. The molecule has 9 heteroatoms. The average Bonchev–Trinajstić information content (AvgIpc) is 3.47. The van der Waals surface area contributed by atoms with Gasteiger partial charge in [-0.25, -0.2) is 9.78 Å². The maximum absolute atomic E-state index is 13.0. The average molecular weight is 484 g/mol. The summed E-state index contributed by atoms with van der Waals surface area (Å²) in [5, 5.41) is 8.19. The van der Waals surface area contributed by atoms with Crippen LogP contribution in [-0.4, -0.2) is 29.9 Å². The number of nitrogens with zero attached hydrogens (tertiary/aromatic N) is 1. The number of anilines is 1. The number of rotatable bonds is 8. The molecule has 1 heterocycles. The Bertz CT molecular complexity index is 1170. The smallest absolute Gasteiger partial charge is 0.337 e. The molecule has 170 valence electrons. The number of carbonyl (C=O) groups is 3. The predicted molar refractivity (Wildman–Crippen MR) is 126 cm³/mol. The van der Waals surface area contributed by atoms with E-state index in [2.05, 4.69) is 15.6 Å². The van der Waals surface area contributed by atoms with Gasteiger partial charge in [-0.3, -0.25) is 9.59 Å². The van der Waals surface area contributed by atoms with Gasteiger partial charge >= 0.3 is 5.97 Å². The lowest BCUT2D eigenvalue weighted by atomic mass is 9.95. The van der Waals surface area contributed by atoms with E-state index in [-0.39, 0.29) is 30.3 Å². The first-order chi connectivity index (χ1) is 15.9.